The number of nitrogens with two attached hydrogens (primary N) is 1. The average molecular weight is 223 g/mol. The number of carbonyl (C=O) groups excluding carboxylic acids is 1. The first kappa shape index (κ1) is 9.72. The predicted octanol–water partition coefficient (Wildman–Crippen LogP) is 1.25. The second-order valence-electron chi connectivity index (χ2n) is 2.84. The lowest BCUT2D eigenvalue weighted by atomic mass is 10.4. The summed E-state index contributed by atoms with van der Waals surface area (Å²) >= 11 is 1.35. The summed E-state index contributed by atoms with van der Waals surface area (Å²) in [6.45, 7) is 0.354. The lowest BCUT2D eigenvalue weighted by Crippen LogP contribution is -2.22. The van der Waals surface area contributed by atoms with Crippen LogP contribution in [0.15, 0.2) is 28.2 Å². The molecule has 1 amide bonds. The molecule has 0 aliphatic rings. The quantitative estimate of drug-likeness (QED) is 0.820. The van der Waals surface area contributed by atoms with Crippen molar-refractivity contribution in [3.63, 3.8) is 0 Å². The Morgan fingerprint density at radius 2 is 2.53 bits per heavy atom. The molecule has 0 radical (unpaired) electrons. The molecule has 0 saturated heterocycles. The van der Waals surface area contributed by atoms with Crippen molar-refractivity contribution in [1.29, 1.82) is 0 Å². The summed E-state index contributed by atoms with van der Waals surface area (Å²) in [6, 6.07) is 3.26. The Morgan fingerprint density at radius 3 is 3.13 bits per heavy atom. The third kappa shape index (κ3) is 2.35. The molecule has 0 saturated carbocycles. The van der Waals surface area contributed by atoms with Gasteiger partial charge in [-0.3, -0.25) is 4.79 Å². The van der Waals surface area contributed by atoms with Crippen molar-refractivity contribution in [3.05, 3.63) is 35.2 Å². The number of nitrogens with one attached hydrogen (secondary N) is 1. The molecular weight excluding hydrogens is 214 g/mol. The van der Waals surface area contributed by atoms with Gasteiger partial charge in [-0.2, -0.15) is 0 Å². The molecule has 2 aromatic heterocycles. The Hall–Kier alpha value is -1.82. The average Bonchev–Trinajstić information content (AvgIpc) is 2.84. The summed E-state index contributed by atoms with van der Waals surface area (Å²) in [4.78, 5) is 15.4. The summed E-state index contributed by atoms with van der Waals surface area (Å²) in [5.74, 6) is 0.0322. The summed E-state index contributed by atoms with van der Waals surface area (Å²) in [7, 11) is 0. The highest BCUT2D eigenvalue weighted by molar-refractivity contribution is 7.13. The maximum Gasteiger partial charge on any atom is 0.287 e. The normalized spacial score (nSPS) is 10.1. The van der Waals surface area contributed by atoms with Crippen LogP contribution in [0.3, 0.4) is 0 Å². The number of amides is 1. The van der Waals surface area contributed by atoms with E-state index in [0.29, 0.717) is 17.4 Å². The number of carbonyl (C=O) groups is 1. The van der Waals surface area contributed by atoms with Crippen molar-refractivity contribution in [1.82, 2.24) is 10.3 Å². The molecule has 0 bridgehead atoms. The number of nitrogens with zero attached hydrogens (tertiary/aromatic N) is 1. The number of nitrogen functional groups attached to an aromatic ring is 1. The molecule has 0 aliphatic carbocycles. The number of hydrogen-bond acceptors (Lipinski definition) is 5. The van der Waals surface area contributed by atoms with E-state index in [4.69, 9.17) is 10.2 Å². The topological polar surface area (TPSA) is 81.1 Å². The van der Waals surface area contributed by atoms with Gasteiger partial charge in [0.25, 0.3) is 5.91 Å². The van der Waals surface area contributed by atoms with E-state index >= 15 is 0 Å². The molecule has 0 atom stereocenters. The van der Waals surface area contributed by atoms with E-state index in [0.717, 1.165) is 5.69 Å². The molecule has 5 nitrogen and oxygen atoms in total. The Morgan fingerprint density at radius 1 is 1.67 bits per heavy atom. The van der Waals surface area contributed by atoms with Crippen molar-refractivity contribution < 1.29 is 9.21 Å². The van der Waals surface area contributed by atoms with E-state index < -0.39 is 0 Å². The minimum Gasteiger partial charge on any atom is -0.459 e. The first-order chi connectivity index (χ1) is 7.25. The number of furan rings is 1. The van der Waals surface area contributed by atoms with Gasteiger partial charge in [0.15, 0.2) is 10.9 Å². The molecule has 2 heterocycles. The van der Waals surface area contributed by atoms with Crippen molar-refractivity contribution in [3.8, 4) is 0 Å². The Bertz CT molecular complexity index is 450. The predicted molar refractivity (Wildman–Crippen MR) is 56.4 cm³/mol. The Kier molecular flexibility index (Phi) is 2.68. The van der Waals surface area contributed by atoms with Crippen LogP contribution in [0.2, 0.25) is 0 Å². The fraction of sp³-hybridized carbons (Fsp3) is 0.111. The van der Waals surface area contributed by atoms with Gasteiger partial charge in [0.1, 0.15) is 0 Å². The van der Waals surface area contributed by atoms with Crippen molar-refractivity contribution in [2.24, 2.45) is 0 Å². The van der Waals surface area contributed by atoms with Crippen LogP contribution in [0, 0.1) is 0 Å². The second-order valence-corrected chi connectivity index (χ2v) is 3.73. The zero-order chi connectivity index (χ0) is 10.7. The van der Waals surface area contributed by atoms with Crippen molar-refractivity contribution in [2.45, 2.75) is 6.54 Å². The molecule has 15 heavy (non-hydrogen) atoms. The summed E-state index contributed by atoms with van der Waals surface area (Å²) in [5, 5.41) is 4.97. The number of aromatic nitrogens is 1. The fourth-order valence-electron chi connectivity index (χ4n) is 1.07. The summed E-state index contributed by atoms with van der Waals surface area (Å²) in [5.41, 5.74) is 6.20. The van der Waals surface area contributed by atoms with Gasteiger partial charge in [-0.25, -0.2) is 4.98 Å². The molecule has 0 aliphatic heterocycles. The fourth-order valence-corrected chi connectivity index (χ4v) is 1.63. The van der Waals surface area contributed by atoms with Gasteiger partial charge in [-0.15, -0.1) is 11.3 Å². The highest BCUT2D eigenvalue weighted by Gasteiger charge is 2.08. The van der Waals surface area contributed by atoms with Crippen molar-refractivity contribution >= 4 is 22.4 Å². The van der Waals surface area contributed by atoms with Gasteiger partial charge in [0.2, 0.25) is 0 Å². The van der Waals surface area contributed by atoms with E-state index in [2.05, 4.69) is 10.3 Å². The summed E-state index contributed by atoms with van der Waals surface area (Å²) < 4.78 is 4.93. The maximum absolute atomic E-state index is 11.4. The summed E-state index contributed by atoms with van der Waals surface area (Å²) in [6.07, 6.45) is 1.45. The van der Waals surface area contributed by atoms with Gasteiger partial charge in [-0.05, 0) is 12.1 Å². The SMILES string of the molecule is Nc1nc(CNC(=O)c2ccco2)cs1. The van der Waals surface area contributed by atoms with E-state index in [1.165, 1.54) is 17.6 Å². The third-order valence-electron chi connectivity index (χ3n) is 1.74. The van der Waals surface area contributed by atoms with Gasteiger partial charge < -0.3 is 15.5 Å². The molecule has 6 heteroatoms. The smallest absolute Gasteiger partial charge is 0.287 e. The molecule has 0 aromatic carbocycles. The molecule has 78 valence electrons. The molecule has 3 N–H and O–H groups in total. The number of hydrogen-bond donors (Lipinski definition) is 2. The zero-order valence-corrected chi connectivity index (χ0v) is 8.58. The monoisotopic (exact) mass is 223 g/mol. The molecule has 2 aromatic rings. The van der Waals surface area contributed by atoms with E-state index in [1.807, 2.05) is 0 Å². The first-order valence-corrected chi connectivity index (χ1v) is 5.15. The van der Waals surface area contributed by atoms with Crippen molar-refractivity contribution in [2.75, 3.05) is 5.73 Å². The van der Waals surface area contributed by atoms with E-state index in [1.54, 1.807) is 17.5 Å². The van der Waals surface area contributed by atoms with Crippen LogP contribution >= 0.6 is 11.3 Å². The third-order valence-corrected chi connectivity index (χ3v) is 2.47. The van der Waals surface area contributed by atoms with Crippen LogP contribution in [-0.4, -0.2) is 10.9 Å². The first-order valence-electron chi connectivity index (χ1n) is 4.27. The maximum atomic E-state index is 11.4. The minimum absolute atomic E-state index is 0.258. The number of rotatable bonds is 3. The van der Waals surface area contributed by atoms with Gasteiger partial charge in [-0.1, -0.05) is 0 Å². The lowest BCUT2D eigenvalue weighted by Gasteiger charge is -1.99. The Balaban J connectivity index is 1.91. The van der Waals surface area contributed by atoms with E-state index in [-0.39, 0.29) is 5.91 Å². The molecule has 0 fully saturated rings. The molecule has 2 rings (SSSR count). The molecule has 0 unspecified atom stereocenters. The van der Waals surface area contributed by atoms with Gasteiger partial charge in [0.05, 0.1) is 18.5 Å². The van der Waals surface area contributed by atoms with E-state index in [9.17, 15) is 4.79 Å². The van der Waals surface area contributed by atoms with Crippen LogP contribution in [0.5, 0.6) is 0 Å². The van der Waals surface area contributed by atoms with Crippen LogP contribution in [-0.2, 0) is 6.54 Å². The van der Waals surface area contributed by atoms with Crippen LogP contribution in [0.1, 0.15) is 16.2 Å². The second kappa shape index (κ2) is 4.14. The standard InChI is InChI=1S/C9H9N3O2S/c10-9-12-6(5-15-9)4-11-8(13)7-2-1-3-14-7/h1-3,5H,4H2,(H2,10,12)(H,11,13). The zero-order valence-electron chi connectivity index (χ0n) is 7.77. The minimum atomic E-state index is -0.258. The van der Waals surface area contributed by atoms with Gasteiger partial charge in [0, 0.05) is 5.38 Å². The van der Waals surface area contributed by atoms with Crippen LogP contribution < -0.4 is 11.1 Å². The highest BCUT2D eigenvalue weighted by atomic mass is 32.1. The lowest BCUT2D eigenvalue weighted by molar-refractivity contribution is 0.0922. The van der Waals surface area contributed by atoms with Crippen LogP contribution in [0.25, 0.3) is 0 Å². The van der Waals surface area contributed by atoms with Crippen LogP contribution in [0.4, 0.5) is 5.13 Å². The molecule has 0 spiro atoms. The highest BCUT2D eigenvalue weighted by Crippen LogP contribution is 2.10. The Labute approximate surface area is 89.9 Å². The number of thiazole rings is 1. The molecular formula is C9H9N3O2S. The largest absolute Gasteiger partial charge is 0.459 e. The number of anilines is 1. The van der Waals surface area contributed by atoms with Gasteiger partial charge >= 0.3 is 0 Å².